The monoisotopic (exact) mass is 585 g/mol. The summed E-state index contributed by atoms with van der Waals surface area (Å²) in [7, 11) is 0. The Hall–Kier alpha value is -3.00. The largest absolute Gasteiger partial charge is 0.423 e. The SMILES string of the molecule is CCCCCCCCCCCCCC(=O)NCC(=O)NN=Cc1ccc(OC(=O)c2ccc(Br)cc2)cc1. The fourth-order valence-electron chi connectivity index (χ4n) is 3.81. The van der Waals surface area contributed by atoms with E-state index in [0.717, 1.165) is 23.7 Å². The Bertz CT molecular complexity index is 1010. The first-order chi connectivity index (χ1) is 18.5. The van der Waals surface area contributed by atoms with Crippen molar-refractivity contribution < 1.29 is 19.1 Å². The van der Waals surface area contributed by atoms with Crippen LogP contribution in [0.15, 0.2) is 58.1 Å². The highest BCUT2D eigenvalue weighted by Gasteiger charge is 2.08. The van der Waals surface area contributed by atoms with Crippen LogP contribution in [-0.2, 0) is 9.59 Å². The number of rotatable bonds is 18. The van der Waals surface area contributed by atoms with Gasteiger partial charge in [0.05, 0.1) is 18.3 Å². The third-order valence-corrected chi connectivity index (χ3v) is 6.56. The van der Waals surface area contributed by atoms with Crippen LogP contribution in [0.3, 0.4) is 0 Å². The highest BCUT2D eigenvalue weighted by atomic mass is 79.9. The van der Waals surface area contributed by atoms with Crippen LogP contribution in [0.5, 0.6) is 5.75 Å². The van der Waals surface area contributed by atoms with Gasteiger partial charge in [0, 0.05) is 10.9 Å². The Morgan fingerprint density at radius 3 is 1.97 bits per heavy atom. The number of ether oxygens (including phenoxy) is 1. The number of esters is 1. The number of hydrogen-bond donors (Lipinski definition) is 2. The Labute approximate surface area is 234 Å². The minimum atomic E-state index is -0.447. The maximum absolute atomic E-state index is 12.2. The number of benzene rings is 2. The molecular weight excluding hydrogens is 546 g/mol. The van der Waals surface area contributed by atoms with E-state index in [1.165, 1.54) is 57.6 Å². The van der Waals surface area contributed by atoms with E-state index < -0.39 is 11.9 Å². The molecule has 2 amide bonds. The molecule has 0 atom stereocenters. The molecule has 2 aromatic carbocycles. The van der Waals surface area contributed by atoms with Crippen molar-refractivity contribution in [2.24, 2.45) is 5.10 Å². The van der Waals surface area contributed by atoms with Gasteiger partial charge in [-0.15, -0.1) is 0 Å². The zero-order chi connectivity index (χ0) is 27.4. The van der Waals surface area contributed by atoms with Crippen molar-refractivity contribution in [2.75, 3.05) is 6.54 Å². The molecule has 0 aliphatic rings. The van der Waals surface area contributed by atoms with Crippen molar-refractivity contribution in [1.29, 1.82) is 0 Å². The Balaban J connectivity index is 1.53. The Morgan fingerprint density at radius 1 is 0.789 bits per heavy atom. The van der Waals surface area contributed by atoms with Crippen molar-refractivity contribution in [1.82, 2.24) is 10.7 Å². The number of halogens is 1. The summed E-state index contributed by atoms with van der Waals surface area (Å²) in [5.41, 5.74) is 3.57. The van der Waals surface area contributed by atoms with Gasteiger partial charge >= 0.3 is 5.97 Å². The standard InChI is InChI=1S/C30H40BrN3O4/c1-2-3-4-5-6-7-8-9-10-11-12-13-28(35)32-23-29(36)34-33-22-24-14-20-27(21-15-24)38-30(37)25-16-18-26(31)19-17-25/h14-22H,2-13,23H2,1H3,(H,32,35)(H,34,36). The lowest BCUT2D eigenvalue weighted by molar-refractivity contribution is -0.126. The van der Waals surface area contributed by atoms with Crippen molar-refractivity contribution in [3.63, 3.8) is 0 Å². The van der Waals surface area contributed by atoms with E-state index in [2.05, 4.69) is 38.7 Å². The van der Waals surface area contributed by atoms with Gasteiger partial charge in [0.25, 0.3) is 5.91 Å². The summed E-state index contributed by atoms with van der Waals surface area (Å²) in [5.74, 6) is -0.557. The minimum Gasteiger partial charge on any atom is -0.423 e. The molecule has 0 saturated carbocycles. The molecule has 0 radical (unpaired) electrons. The zero-order valence-corrected chi connectivity index (χ0v) is 23.9. The highest BCUT2D eigenvalue weighted by Crippen LogP contribution is 2.16. The molecule has 0 aromatic heterocycles. The molecule has 206 valence electrons. The smallest absolute Gasteiger partial charge is 0.343 e. The maximum Gasteiger partial charge on any atom is 0.343 e. The average molecular weight is 587 g/mol. The molecule has 0 aliphatic carbocycles. The van der Waals surface area contributed by atoms with E-state index in [0.29, 0.717) is 23.3 Å². The molecule has 2 aromatic rings. The first-order valence-electron chi connectivity index (χ1n) is 13.6. The summed E-state index contributed by atoms with van der Waals surface area (Å²) in [5, 5.41) is 6.54. The second kappa shape index (κ2) is 19.1. The molecule has 0 saturated heterocycles. The third kappa shape index (κ3) is 14.1. The molecule has 2 rings (SSSR count). The van der Waals surface area contributed by atoms with Crippen LogP contribution in [0.4, 0.5) is 0 Å². The van der Waals surface area contributed by atoms with E-state index >= 15 is 0 Å². The molecule has 7 nitrogen and oxygen atoms in total. The lowest BCUT2D eigenvalue weighted by atomic mass is 10.1. The van der Waals surface area contributed by atoms with Crippen LogP contribution in [0.2, 0.25) is 0 Å². The molecule has 0 heterocycles. The lowest BCUT2D eigenvalue weighted by Gasteiger charge is -2.05. The lowest BCUT2D eigenvalue weighted by Crippen LogP contribution is -2.34. The normalized spacial score (nSPS) is 10.9. The van der Waals surface area contributed by atoms with Crippen LogP contribution < -0.4 is 15.5 Å². The topological polar surface area (TPSA) is 96.9 Å². The van der Waals surface area contributed by atoms with Crippen molar-refractivity contribution in [3.05, 3.63) is 64.1 Å². The predicted octanol–water partition coefficient (Wildman–Crippen LogP) is 6.94. The van der Waals surface area contributed by atoms with Gasteiger partial charge in [-0.3, -0.25) is 9.59 Å². The van der Waals surface area contributed by atoms with Crippen LogP contribution in [0, 0.1) is 0 Å². The number of nitrogens with one attached hydrogen (secondary N) is 2. The summed E-state index contributed by atoms with van der Waals surface area (Å²) >= 11 is 3.33. The van der Waals surface area contributed by atoms with Gasteiger partial charge in [0.2, 0.25) is 5.91 Å². The van der Waals surface area contributed by atoms with Gasteiger partial charge in [-0.2, -0.15) is 5.10 Å². The summed E-state index contributed by atoms with van der Waals surface area (Å²) in [6, 6.07) is 13.6. The first-order valence-corrected chi connectivity index (χ1v) is 14.4. The number of hydrogen-bond acceptors (Lipinski definition) is 5. The van der Waals surface area contributed by atoms with Crippen LogP contribution >= 0.6 is 15.9 Å². The summed E-state index contributed by atoms with van der Waals surface area (Å²) in [4.78, 5) is 36.1. The van der Waals surface area contributed by atoms with Gasteiger partial charge in [0.15, 0.2) is 0 Å². The van der Waals surface area contributed by atoms with Gasteiger partial charge in [-0.25, -0.2) is 10.2 Å². The molecular formula is C30H40BrN3O4. The average Bonchev–Trinajstić information content (AvgIpc) is 2.92. The molecule has 8 heteroatoms. The summed E-state index contributed by atoms with van der Waals surface area (Å²) in [6.45, 7) is 2.13. The van der Waals surface area contributed by atoms with Crippen molar-refractivity contribution in [2.45, 2.75) is 84.0 Å². The fourth-order valence-corrected chi connectivity index (χ4v) is 4.07. The third-order valence-electron chi connectivity index (χ3n) is 6.03. The zero-order valence-electron chi connectivity index (χ0n) is 22.3. The molecule has 38 heavy (non-hydrogen) atoms. The van der Waals surface area contributed by atoms with E-state index in [1.807, 2.05) is 0 Å². The molecule has 0 unspecified atom stereocenters. The van der Waals surface area contributed by atoms with Gasteiger partial charge < -0.3 is 10.1 Å². The number of carbonyl (C=O) groups is 3. The van der Waals surface area contributed by atoms with Crippen LogP contribution in [0.1, 0.15) is 99.9 Å². The maximum atomic E-state index is 12.2. The predicted molar refractivity (Wildman–Crippen MR) is 155 cm³/mol. The van der Waals surface area contributed by atoms with E-state index in [4.69, 9.17) is 4.74 Å². The number of nitrogens with zero attached hydrogens (tertiary/aromatic N) is 1. The molecule has 0 spiro atoms. The number of carbonyl (C=O) groups excluding carboxylic acids is 3. The summed E-state index contributed by atoms with van der Waals surface area (Å²) < 4.78 is 6.24. The van der Waals surface area contributed by atoms with E-state index in [1.54, 1.807) is 48.5 Å². The summed E-state index contributed by atoms with van der Waals surface area (Å²) in [6.07, 6.45) is 15.5. The minimum absolute atomic E-state index is 0.112. The van der Waals surface area contributed by atoms with Gasteiger partial charge in [-0.1, -0.05) is 87.1 Å². The highest BCUT2D eigenvalue weighted by molar-refractivity contribution is 9.10. The number of unbranched alkanes of at least 4 members (excludes halogenated alkanes) is 10. The molecule has 0 bridgehead atoms. The fraction of sp³-hybridized carbons (Fsp3) is 0.467. The first kappa shape index (κ1) is 31.2. The van der Waals surface area contributed by atoms with E-state index in [9.17, 15) is 14.4 Å². The second-order valence-corrected chi connectivity index (χ2v) is 10.2. The van der Waals surface area contributed by atoms with Crippen LogP contribution in [0.25, 0.3) is 0 Å². The van der Waals surface area contributed by atoms with Gasteiger partial charge in [0.1, 0.15) is 5.75 Å². The van der Waals surface area contributed by atoms with Crippen LogP contribution in [-0.4, -0.2) is 30.5 Å². The Kier molecular flexibility index (Phi) is 15.7. The van der Waals surface area contributed by atoms with Gasteiger partial charge in [-0.05, 0) is 60.5 Å². The molecule has 2 N–H and O–H groups in total. The van der Waals surface area contributed by atoms with E-state index in [-0.39, 0.29) is 12.5 Å². The Morgan fingerprint density at radius 2 is 1.37 bits per heavy atom. The van der Waals surface area contributed by atoms with Crippen molar-refractivity contribution >= 4 is 39.9 Å². The molecule has 0 aliphatic heterocycles. The quantitative estimate of drug-likeness (QED) is 0.0651. The number of amides is 2. The number of hydrazone groups is 1. The molecule has 0 fully saturated rings. The second-order valence-electron chi connectivity index (χ2n) is 9.32. The van der Waals surface area contributed by atoms with Crippen molar-refractivity contribution in [3.8, 4) is 5.75 Å².